The summed E-state index contributed by atoms with van der Waals surface area (Å²) in [4.78, 5) is 12.1. The quantitative estimate of drug-likeness (QED) is 0.594. The number of aliphatic hydroxyl groups excluding tert-OH is 2. The predicted molar refractivity (Wildman–Crippen MR) is 94.4 cm³/mol. The minimum absolute atomic E-state index is 0.0655. The average molecular weight is 338 g/mol. The molecule has 2 fully saturated rings. The first-order chi connectivity index (χ1) is 11.4. The molecule has 24 heavy (non-hydrogen) atoms. The van der Waals surface area contributed by atoms with Crippen LogP contribution in [0.4, 0.5) is 0 Å². The Hall–Kier alpha value is -0.870. The van der Waals surface area contributed by atoms with Gasteiger partial charge in [-0.3, -0.25) is 0 Å². The zero-order valence-corrected chi connectivity index (χ0v) is 15.5. The second-order valence-electron chi connectivity index (χ2n) is 8.06. The zero-order valence-electron chi connectivity index (χ0n) is 15.5. The third-order valence-electron chi connectivity index (χ3n) is 6.53. The molecule has 4 nitrogen and oxygen atoms in total. The zero-order chi connectivity index (χ0) is 17.7. The van der Waals surface area contributed by atoms with Gasteiger partial charge in [-0.15, -0.1) is 0 Å². The van der Waals surface area contributed by atoms with Gasteiger partial charge >= 0.3 is 5.97 Å². The molecule has 2 aliphatic carbocycles. The number of allylic oxidation sites excluding steroid dienone is 1. The number of ether oxygens (including phenoxy) is 1. The predicted octanol–water partition coefficient (Wildman–Crippen LogP) is 3.60. The number of aliphatic hydroxyl groups is 2. The molecule has 138 valence electrons. The van der Waals surface area contributed by atoms with Crippen molar-refractivity contribution < 1.29 is 19.7 Å². The smallest absolute Gasteiger partial charge is 0.333 e. The molecule has 2 saturated carbocycles. The topological polar surface area (TPSA) is 66.8 Å². The van der Waals surface area contributed by atoms with Gasteiger partial charge in [-0.2, -0.15) is 0 Å². The lowest BCUT2D eigenvalue weighted by Gasteiger charge is -2.47. The monoisotopic (exact) mass is 338 g/mol. The Bertz CT molecular complexity index is 419. The van der Waals surface area contributed by atoms with E-state index in [0.717, 1.165) is 51.4 Å². The Morgan fingerprint density at radius 2 is 1.42 bits per heavy atom. The molecule has 2 rings (SSSR count). The van der Waals surface area contributed by atoms with E-state index >= 15 is 0 Å². The molecule has 0 aromatic rings. The highest BCUT2D eigenvalue weighted by molar-refractivity contribution is 5.87. The Labute approximate surface area is 146 Å². The van der Waals surface area contributed by atoms with Gasteiger partial charge in [-0.1, -0.05) is 13.0 Å². The minimum Gasteiger partial charge on any atom is -0.462 e. The first-order valence-electron chi connectivity index (χ1n) is 9.53. The van der Waals surface area contributed by atoms with Crippen LogP contribution in [-0.2, 0) is 9.53 Å². The number of esters is 1. The second kappa shape index (κ2) is 8.48. The van der Waals surface area contributed by atoms with E-state index in [0.29, 0.717) is 24.0 Å². The first-order valence-corrected chi connectivity index (χ1v) is 9.53. The van der Waals surface area contributed by atoms with Crippen LogP contribution in [0.2, 0.25) is 0 Å². The molecule has 0 radical (unpaired) electrons. The Balaban J connectivity index is 2.09. The lowest BCUT2D eigenvalue weighted by atomic mass is 9.60. The van der Waals surface area contributed by atoms with Crippen molar-refractivity contribution in [1.29, 1.82) is 0 Å². The molecular formula is C20H34O4. The van der Waals surface area contributed by atoms with E-state index in [4.69, 9.17) is 4.74 Å². The van der Waals surface area contributed by atoms with Crippen LogP contribution in [0.25, 0.3) is 0 Å². The van der Waals surface area contributed by atoms with E-state index in [1.54, 1.807) is 13.0 Å². The molecule has 0 unspecified atom stereocenters. The van der Waals surface area contributed by atoms with Crippen LogP contribution in [0.1, 0.15) is 72.1 Å². The summed E-state index contributed by atoms with van der Waals surface area (Å²) in [5, 5.41) is 19.7. The molecule has 0 amide bonds. The molecule has 0 heterocycles. The Morgan fingerprint density at radius 3 is 1.79 bits per heavy atom. The molecule has 0 aliphatic heterocycles. The van der Waals surface area contributed by atoms with Crippen molar-refractivity contribution in [1.82, 2.24) is 0 Å². The van der Waals surface area contributed by atoms with E-state index < -0.39 is 0 Å². The lowest BCUT2D eigenvalue weighted by Crippen LogP contribution is -2.44. The van der Waals surface area contributed by atoms with Crippen LogP contribution >= 0.6 is 0 Å². The maximum Gasteiger partial charge on any atom is 0.333 e. The summed E-state index contributed by atoms with van der Waals surface area (Å²) < 4.78 is 5.69. The van der Waals surface area contributed by atoms with Gasteiger partial charge in [0.1, 0.15) is 0 Å². The van der Waals surface area contributed by atoms with E-state index in [1.807, 2.05) is 6.92 Å². The standard InChI is InChI=1S/C20H34O4/c1-4-14(2)19(23)24-13-20(3,15-5-9-17(21)10-6-15)16-7-11-18(22)12-8-16/h4,15-18,21-22H,5-13H2,1-3H3. The second-order valence-corrected chi connectivity index (χ2v) is 8.06. The molecule has 0 spiro atoms. The van der Waals surface area contributed by atoms with Crippen molar-refractivity contribution in [3.05, 3.63) is 11.6 Å². The molecule has 0 aromatic carbocycles. The van der Waals surface area contributed by atoms with Crippen LogP contribution in [0.5, 0.6) is 0 Å². The summed E-state index contributed by atoms with van der Waals surface area (Å²) in [7, 11) is 0. The highest BCUT2D eigenvalue weighted by atomic mass is 16.5. The van der Waals surface area contributed by atoms with Gasteiger partial charge in [0.2, 0.25) is 0 Å². The maximum atomic E-state index is 12.1. The molecule has 0 atom stereocenters. The molecule has 4 heteroatoms. The van der Waals surface area contributed by atoms with Crippen molar-refractivity contribution in [2.24, 2.45) is 17.3 Å². The van der Waals surface area contributed by atoms with Crippen LogP contribution in [-0.4, -0.2) is 35.0 Å². The van der Waals surface area contributed by atoms with E-state index in [2.05, 4.69) is 6.92 Å². The molecule has 0 bridgehead atoms. The van der Waals surface area contributed by atoms with E-state index in [9.17, 15) is 15.0 Å². The highest BCUT2D eigenvalue weighted by Gasteiger charge is 2.44. The molecular weight excluding hydrogens is 304 g/mol. The van der Waals surface area contributed by atoms with Gasteiger partial charge in [0.25, 0.3) is 0 Å². The minimum atomic E-state index is -0.226. The van der Waals surface area contributed by atoms with E-state index in [1.165, 1.54) is 0 Å². The van der Waals surface area contributed by atoms with Gasteiger partial charge < -0.3 is 14.9 Å². The Morgan fingerprint density at radius 1 is 1.00 bits per heavy atom. The Kier molecular flexibility index (Phi) is 6.88. The van der Waals surface area contributed by atoms with Crippen LogP contribution in [0, 0.1) is 17.3 Å². The van der Waals surface area contributed by atoms with Crippen molar-refractivity contribution in [3.63, 3.8) is 0 Å². The third-order valence-corrected chi connectivity index (χ3v) is 6.53. The largest absolute Gasteiger partial charge is 0.462 e. The van der Waals surface area contributed by atoms with Crippen LogP contribution in [0.3, 0.4) is 0 Å². The molecule has 0 saturated heterocycles. The number of carbonyl (C=O) groups excluding carboxylic acids is 1. The third kappa shape index (κ3) is 4.60. The summed E-state index contributed by atoms with van der Waals surface area (Å²) >= 11 is 0. The highest BCUT2D eigenvalue weighted by Crippen LogP contribution is 2.49. The average Bonchev–Trinajstić information content (AvgIpc) is 2.59. The molecule has 2 N–H and O–H groups in total. The van der Waals surface area contributed by atoms with Gasteiger partial charge in [0.05, 0.1) is 18.8 Å². The fourth-order valence-corrected chi connectivity index (χ4v) is 4.49. The number of hydrogen-bond donors (Lipinski definition) is 2. The first kappa shape index (κ1) is 19.5. The number of carbonyl (C=O) groups is 1. The lowest BCUT2D eigenvalue weighted by molar-refractivity contribution is -0.147. The summed E-state index contributed by atoms with van der Waals surface area (Å²) in [6.07, 6.45) is 8.80. The molecule has 2 aliphatic rings. The van der Waals surface area contributed by atoms with Crippen molar-refractivity contribution in [3.8, 4) is 0 Å². The van der Waals surface area contributed by atoms with Crippen LogP contribution < -0.4 is 0 Å². The van der Waals surface area contributed by atoms with Crippen molar-refractivity contribution in [2.75, 3.05) is 6.61 Å². The van der Waals surface area contributed by atoms with Crippen LogP contribution in [0.15, 0.2) is 11.6 Å². The summed E-state index contributed by atoms with van der Waals surface area (Å²) in [5.41, 5.74) is 0.583. The summed E-state index contributed by atoms with van der Waals surface area (Å²) in [6, 6.07) is 0. The van der Waals surface area contributed by atoms with Gasteiger partial charge in [0, 0.05) is 11.0 Å². The normalized spacial score (nSPS) is 34.5. The van der Waals surface area contributed by atoms with Crippen molar-refractivity contribution >= 4 is 5.97 Å². The summed E-state index contributed by atoms with van der Waals surface area (Å²) in [5.74, 6) is 0.718. The maximum absolute atomic E-state index is 12.1. The van der Waals surface area contributed by atoms with Gasteiger partial charge in [0.15, 0.2) is 0 Å². The molecule has 0 aromatic heterocycles. The summed E-state index contributed by atoms with van der Waals surface area (Å²) in [6.45, 7) is 6.34. The fourth-order valence-electron chi connectivity index (χ4n) is 4.49. The fraction of sp³-hybridized carbons (Fsp3) is 0.850. The number of rotatable bonds is 5. The SMILES string of the molecule is CC=C(C)C(=O)OCC(C)(C1CCC(O)CC1)C1CCC(O)CC1. The number of hydrogen-bond acceptors (Lipinski definition) is 4. The van der Waals surface area contributed by atoms with Gasteiger partial charge in [-0.25, -0.2) is 4.79 Å². The van der Waals surface area contributed by atoms with Gasteiger partial charge in [-0.05, 0) is 77.0 Å². The van der Waals surface area contributed by atoms with Crippen molar-refractivity contribution in [2.45, 2.75) is 84.3 Å². The van der Waals surface area contributed by atoms with E-state index in [-0.39, 0.29) is 23.6 Å².